The van der Waals surface area contributed by atoms with E-state index in [1.165, 1.54) is 0 Å². The van der Waals surface area contributed by atoms with E-state index in [2.05, 4.69) is 31.9 Å². The Hall–Kier alpha value is -1.13. The van der Waals surface area contributed by atoms with Crippen LogP contribution in [0.2, 0.25) is 0 Å². The first-order valence-corrected chi connectivity index (χ1v) is 7.50. The quantitative estimate of drug-likeness (QED) is 0.721. The predicted molar refractivity (Wildman–Crippen MR) is 80.9 cm³/mol. The molecule has 0 saturated heterocycles. The highest BCUT2D eigenvalue weighted by atomic mass is 79.9. The monoisotopic (exact) mass is 380 g/mol. The van der Waals surface area contributed by atoms with Crippen LogP contribution in [0.1, 0.15) is 21.5 Å². The summed E-state index contributed by atoms with van der Waals surface area (Å²) in [5.74, 6) is 0.714. The Bertz CT molecular complexity index is 665. The number of ether oxygens (including phenoxy) is 1. The van der Waals surface area contributed by atoms with Crippen molar-refractivity contribution < 1.29 is 9.53 Å². The Labute approximate surface area is 128 Å². The fourth-order valence-corrected chi connectivity index (χ4v) is 3.00. The van der Waals surface area contributed by atoms with E-state index in [1.807, 2.05) is 36.4 Å². The van der Waals surface area contributed by atoms with Crippen LogP contribution in [0.3, 0.4) is 0 Å². The number of rotatable bonds is 2. The first-order chi connectivity index (χ1) is 9.16. The number of halogens is 2. The minimum absolute atomic E-state index is 0.0214. The lowest BCUT2D eigenvalue weighted by Crippen LogP contribution is -2.04. The van der Waals surface area contributed by atoms with Gasteiger partial charge in [0.2, 0.25) is 0 Å². The van der Waals surface area contributed by atoms with Gasteiger partial charge in [0, 0.05) is 20.9 Å². The molecule has 0 aromatic heterocycles. The van der Waals surface area contributed by atoms with Gasteiger partial charge < -0.3 is 4.74 Å². The summed E-state index contributed by atoms with van der Waals surface area (Å²) in [5, 5.41) is 0. The lowest BCUT2D eigenvalue weighted by atomic mass is 10.00. The van der Waals surface area contributed by atoms with Crippen LogP contribution in [0.5, 0.6) is 5.75 Å². The van der Waals surface area contributed by atoms with Gasteiger partial charge in [-0.3, -0.25) is 4.79 Å². The summed E-state index contributed by atoms with van der Waals surface area (Å²) >= 11 is 6.82. The van der Waals surface area contributed by atoms with Crippen LogP contribution < -0.4 is 4.74 Å². The average molecular weight is 382 g/mol. The number of benzene rings is 2. The number of ketones is 1. The summed E-state index contributed by atoms with van der Waals surface area (Å²) in [7, 11) is 0. The van der Waals surface area contributed by atoms with Crippen molar-refractivity contribution in [2.24, 2.45) is 0 Å². The summed E-state index contributed by atoms with van der Waals surface area (Å²) in [5.41, 5.74) is 2.38. The summed E-state index contributed by atoms with van der Waals surface area (Å²) in [4.78, 5) is 12.6. The number of fused-ring (bicyclic) bond motifs is 1. The number of hydrogen-bond acceptors (Lipinski definition) is 2. The SMILES string of the molecule is O=C(c1cc(Br)ccc1Br)c1cccc2c1OCC2. The molecule has 3 rings (SSSR count). The lowest BCUT2D eigenvalue weighted by Gasteiger charge is -2.08. The Morgan fingerprint density at radius 3 is 2.79 bits per heavy atom. The molecule has 2 nitrogen and oxygen atoms in total. The van der Waals surface area contributed by atoms with Crippen LogP contribution in [0.15, 0.2) is 45.3 Å². The van der Waals surface area contributed by atoms with Gasteiger partial charge in [0.25, 0.3) is 0 Å². The second-order valence-corrected chi connectivity index (χ2v) is 6.12. The second-order valence-electron chi connectivity index (χ2n) is 4.35. The Morgan fingerprint density at radius 2 is 1.95 bits per heavy atom. The molecule has 1 aliphatic heterocycles. The van der Waals surface area contributed by atoms with Gasteiger partial charge in [0.1, 0.15) is 5.75 Å². The molecule has 2 aromatic carbocycles. The topological polar surface area (TPSA) is 26.3 Å². The first-order valence-electron chi connectivity index (χ1n) is 5.91. The van der Waals surface area contributed by atoms with Gasteiger partial charge >= 0.3 is 0 Å². The van der Waals surface area contributed by atoms with E-state index >= 15 is 0 Å². The highest BCUT2D eigenvalue weighted by molar-refractivity contribution is 9.11. The van der Waals surface area contributed by atoms with Crippen molar-refractivity contribution >= 4 is 37.6 Å². The van der Waals surface area contributed by atoms with E-state index in [-0.39, 0.29) is 5.78 Å². The van der Waals surface area contributed by atoms with Crippen LogP contribution in [0, 0.1) is 0 Å². The standard InChI is InChI=1S/C15H10Br2O2/c16-10-4-5-13(17)12(8-10)14(18)11-3-1-2-9-6-7-19-15(9)11/h1-5,8H,6-7H2. The van der Waals surface area contributed by atoms with Crippen LogP contribution in [-0.4, -0.2) is 12.4 Å². The summed E-state index contributed by atoms with van der Waals surface area (Å²) in [6, 6.07) is 11.3. The van der Waals surface area contributed by atoms with E-state index in [0.717, 1.165) is 26.7 Å². The number of carbonyl (C=O) groups excluding carboxylic acids is 1. The highest BCUT2D eigenvalue weighted by Crippen LogP contribution is 2.33. The molecule has 0 bridgehead atoms. The number of carbonyl (C=O) groups is 1. The zero-order chi connectivity index (χ0) is 13.4. The highest BCUT2D eigenvalue weighted by Gasteiger charge is 2.22. The molecule has 4 heteroatoms. The van der Waals surface area contributed by atoms with E-state index in [0.29, 0.717) is 17.7 Å². The van der Waals surface area contributed by atoms with Crippen LogP contribution in [-0.2, 0) is 6.42 Å². The largest absolute Gasteiger partial charge is 0.492 e. The molecular weight excluding hydrogens is 372 g/mol. The number of para-hydroxylation sites is 1. The molecule has 0 amide bonds. The minimum atomic E-state index is -0.0214. The maximum Gasteiger partial charge on any atom is 0.197 e. The van der Waals surface area contributed by atoms with E-state index < -0.39 is 0 Å². The molecule has 96 valence electrons. The third kappa shape index (κ3) is 2.35. The Kier molecular flexibility index (Phi) is 3.46. The first kappa shape index (κ1) is 12.9. The smallest absolute Gasteiger partial charge is 0.197 e. The maximum absolute atomic E-state index is 12.6. The van der Waals surface area contributed by atoms with Gasteiger partial charge in [-0.25, -0.2) is 0 Å². The molecule has 1 heterocycles. The third-order valence-electron chi connectivity index (χ3n) is 3.13. The predicted octanol–water partition coefficient (Wildman–Crippen LogP) is 4.38. The third-order valence-corrected chi connectivity index (χ3v) is 4.32. The van der Waals surface area contributed by atoms with Crippen molar-refractivity contribution in [1.29, 1.82) is 0 Å². The van der Waals surface area contributed by atoms with Crippen molar-refractivity contribution in [1.82, 2.24) is 0 Å². The molecule has 1 aliphatic rings. The van der Waals surface area contributed by atoms with E-state index in [1.54, 1.807) is 0 Å². The van der Waals surface area contributed by atoms with E-state index in [4.69, 9.17) is 4.74 Å². The number of hydrogen-bond donors (Lipinski definition) is 0. The van der Waals surface area contributed by atoms with Gasteiger partial charge in [-0.2, -0.15) is 0 Å². The molecule has 0 N–H and O–H groups in total. The molecule has 0 atom stereocenters. The molecule has 19 heavy (non-hydrogen) atoms. The van der Waals surface area contributed by atoms with Crippen LogP contribution in [0.4, 0.5) is 0 Å². The van der Waals surface area contributed by atoms with Crippen molar-refractivity contribution in [3.63, 3.8) is 0 Å². The summed E-state index contributed by atoms with van der Waals surface area (Å²) < 4.78 is 7.26. The van der Waals surface area contributed by atoms with Gasteiger partial charge in [-0.15, -0.1) is 0 Å². The van der Waals surface area contributed by atoms with Gasteiger partial charge in [0.05, 0.1) is 12.2 Å². The zero-order valence-corrected chi connectivity index (χ0v) is 13.1. The zero-order valence-electron chi connectivity index (χ0n) is 9.95. The van der Waals surface area contributed by atoms with Crippen molar-refractivity contribution in [3.05, 3.63) is 62.0 Å². The van der Waals surface area contributed by atoms with Gasteiger partial charge in [-0.1, -0.05) is 44.0 Å². The Morgan fingerprint density at radius 1 is 1.11 bits per heavy atom. The van der Waals surface area contributed by atoms with Gasteiger partial charge in [0.15, 0.2) is 5.78 Å². The fraction of sp³-hybridized carbons (Fsp3) is 0.133. The summed E-state index contributed by atoms with van der Waals surface area (Å²) in [6.07, 6.45) is 0.871. The van der Waals surface area contributed by atoms with E-state index in [9.17, 15) is 4.79 Å². The molecular formula is C15H10Br2O2. The molecule has 0 saturated carbocycles. The molecule has 0 spiro atoms. The Balaban J connectivity index is 2.10. The minimum Gasteiger partial charge on any atom is -0.492 e. The lowest BCUT2D eigenvalue weighted by molar-refractivity contribution is 0.103. The second kappa shape index (κ2) is 5.10. The maximum atomic E-state index is 12.6. The van der Waals surface area contributed by atoms with Crippen molar-refractivity contribution in [3.8, 4) is 5.75 Å². The fourth-order valence-electron chi connectivity index (χ4n) is 2.21. The van der Waals surface area contributed by atoms with Crippen molar-refractivity contribution in [2.75, 3.05) is 6.61 Å². The van der Waals surface area contributed by atoms with Crippen molar-refractivity contribution in [2.45, 2.75) is 6.42 Å². The van der Waals surface area contributed by atoms with Crippen LogP contribution in [0.25, 0.3) is 0 Å². The molecule has 2 aromatic rings. The average Bonchev–Trinajstić information content (AvgIpc) is 2.89. The van der Waals surface area contributed by atoms with Crippen LogP contribution >= 0.6 is 31.9 Å². The molecule has 0 aliphatic carbocycles. The molecule has 0 radical (unpaired) electrons. The molecule has 0 fully saturated rings. The van der Waals surface area contributed by atoms with Gasteiger partial charge in [-0.05, 0) is 29.8 Å². The normalized spacial score (nSPS) is 12.9. The molecule has 0 unspecified atom stereocenters. The summed E-state index contributed by atoms with van der Waals surface area (Å²) in [6.45, 7) is 0.652.